The Labute approximate surface area is 816 Å². The average molecular weight is 2540 g/mol. The number of likely N-dealkylation sites (N-methyl/N-ethyl adjacent to an activating group) is 3. The maximum Gasteiger partial charge on any atom is 2.00 e. The van der Waals surface area contributed by atoms with Crippen LogP contribution in [0, 0.1) is 12.8 Å². The van der Waals surface area contributed by atoms with Crippen LogP contribution in [-0.2, 0) is 107 Å². The predicted molar refractivity (Wildman–Crippen MR) is 484 cm³/mol. The zero-order chi connectivity index (χ0) is 76.6. The Morgan fingerprint density at radius 2 is 0.839 bits per heavy atom. The molecular formula is C73H94Br2I6MgN3O19S7V-. The van der Waals surface area contributed by atoms with Gasteiger partial charge in [-0.05, 0) is 107 Å². The van der Waals surface area contributed by atoms with Crippen LogP contribution in [-0.4, -0.2) is 248 Å². The van der Waals surface area contributed by atoms with E-state index in [9.17, 15) is 49.2 Å². The van der Waals surface area contributed by atoms with Gasteiger partial charge in [-0.3, -0.25) is 9.80 Å². The molecule has 22 nitrogen and oxygen atoms in total. The van der Waals surface area contributed by atoms with E-state index in [1.807, 2.05) is 79.0 Å². The number of hydrogen-bond donors (Lipinski definition) is 4. The van der Waals surface area contributed by atoms with Gasteiger partial charge in [0.2, 0.25) is 16.8 Å². The number of carbonyl (C=O) groups is 6. The van der Waals surface area contributed by atoms with Gasteiger partial charge in [0.05, 0.1) is 72.8 Å². The van der Waals surface area contributed by atoms with Crippen molar-refractivity contribution in [3.63, 3.8) is 0 Å². The van der Waals surface area contributed by atoms with Crippen molar-refractivity contribution >= 4 is 274 Å². The third-order valence-corrected chi connectivity index (χ3v) is 25.6. The molecule has 4 N–H and O–H groups in total. The van der Waals surface area contributed by atoms with E-state index in [1.54, 1.807) is 66.8 Å². The van der Waals surface area contributed by atoms with Crippen LogP contribution < -0.4 is 34.0 Å². The zero-order valence-corrected chi connectivity index (χ0v) is 85.7. The number of halogens is 8. The first-order valence-corrected chi connectivity index (χ1v) is 47.9. The second-order valence-corrected chi connectivity index (χ2v) is 46.7. The smallest absolute Gasteiger partial charge is 1.00 e. The second-order valence-electron chi connectivity index (χ2n) is 24.9. The summed E-state index contributed by atoms with van der Waals surface area (Å²) < 4.78 is 49.2. The minimum absolute atomic E-state index is 0. The van der Waals surface area contributed by atoms with Gasteiger partial charge in [-0.1, -0.05) is 187 Å². The number of epoxide rings is 3. The number of hydrogen-bond acceptors (Lipinski definition) is 28. The maximum absolute atomic E-state index is 13.3. The number of ether oxygens (including phenoxy) is 9. The molecule has 1 radical (unpaired) electrons. The van der Waals surface area contributed by atoms with Crippen molar-refractivity contribution in [2.24, 2.45) is 0 Å². The number of thiophene rings is 7. The van der Waals surface area contributed by atoms with Crippen LogP contribution in [0.5, 0.6) is 0 Å². The zero-order valence-electron chi connectivity index (χ0n) is 61.0. The van der Waals surface area contributed by atoms with Crippen LogP contribution in [0.25, 0.3) is 0 Å². The van der Waals surface area contributed by atoms with Crippen LogP contribution in [0.15, 0.2) is 123 Å². The van der Waals surface area contributed by atoms with E-state index in [2.05, 4.69) is 186 Å². The van der Waals surface area contributed by atoms with E-state index in [-0.39, 0.29) is 146 Å². The minimum Gasteiger partial charge on any atom is -1.00 e. The fourth-order valence-electron chi connectivity index (χ4n) is 14.2. The second kappa shape index (κ2) is 52.6. The van der Waals surface area contributed by atoms with Crippen LogP contribution >= 0.6 is 215 Å². The molecule has 16 atom stereocenters. The van der Waals surface area contributed by atoms with Gasteiger partial charge < -0.3 is 120 Å². The first-order valence-electron chi connectivity index (χ1n) is 32.8. The van der Waals surface area contributed by atoms with Crippen molar-refractivity contribution in [2.45, 2.75) is 168 Å². The molecule has 4 unspecified atom stereocenters. The topological polar surface area (TPSA) is 283 Å². The van der Waals surface area contributed by atoms with Crippen LogP contribution in [0.1, 0.15) is 89.6 Å². The third kappa shape index (κ3) is 27.3. The summed E-state index contributed by atoms with van der Waals surface area (Å²) in [5.74, 6) is -4.03. The molecule has 7 aromatic heterocycles. The summed E-state index contributed by atoms with van der Waals surface area (Å²) in [7, 11) is 9.84. The third-order valence-electron chi connectivity index (χ3n) is 19.2. The van der Waals surface area contributed by atoms with Crippen molar-refractivity contribution < 1.29 is 149 Å². The molecule has 112 heavy (non-hydrogen) atoms. The number of fused-ring (bicyclic) bond motifs is 15. The Hall–Kier alpha value is 1.01. The molecule has 621 valence electrons. The predicted octanol–water partition coefficient (Wildman–Crippen LogP) is 7.96. The van der Waals surface area contributed by atoms with Crippen LogP contribution in [0.3, 0.4) is 0 Å². The van der Waals surface area contributed by atoms with E-state index in [1.165, 1.54) is 77.6 Å². The van der Waals surface area contributed by atoms with E-state index < -0.39 is 46.6 Å². The van der Waals surface area contributed by atoms with Crippen molar-refractivity contribution in [1.29, 1.82) is 0 Å². The van der Waals surface area contributed by atoms with Crippen molar-refractivity contribution in [3.8, 4) is 0 Å². The van der Waals surface area contributed by atoms with E-state index in [0.29, 0.717) is 108 Å². The van der Waals surface area contributed by atoms with Crippen molar-refractivity contribution in [2.75, 3.05) is 63.0 Å². The van der Waals surface area contributed by atoms with E-state index in [4.69, 9.17) is 28.4 Å². The molecule has 0 amide bonds. The number of alkyl halides is 6. The summed E-state index contributed by atoms with van der Waals surface area (Å²) in [6.07, 6.45) is 5.72. The van der Waals surface area contributed by atoms with Crippen LogP contribution in [0.4, 0.5) is 0 Å². The van der Waals surface area contributed by atoms with Gasteiger partial charge in [-0.15, -0.1) is 73.4 Å². The number of methoxy groups -OCH3 is 3. The van der Waals surface area contributed by atoms with Crippen molar-refractivity contribution in [1.82, 2.24) is 9.80 Å². The Morgan fingerprint density at radius 3 is 1.09 bits per heavy atom. The number of aliphatic hydroxyl groups is 4. The number of quaternary nitrogens is 1. The van der Waals surface area contributed by atoms with E-state index >= 15 is 0 Å². The van der Waals surface area contributed by atoms with Crippen molar-refractivity contribution in [3.05, 3.63) is 165 Å². The Balaban J connectivity index is 0.000000695. The van der Waals surface area contributed by atoms with Gasteiger partial charge in [-0.2, -0.15) is 11.4 Å². The SMILES string of the molecule is C.C.CCOC(=O)C[N+]1(C)[C@@H]2CC(OC(=O)C(O)(c3cccs3)c3cccs3)C[C@H]1[C@@H]1O[C@@H]12.CI.CN1[C@@H]2CC(O)C[C@H]1[C@@H]1O[C@@H]12.CN1[C@@H]2CC(OC(=O)C(O)(c3cccs3)c3cccs3)C[C@H]1[C@@H]1O[C@@H]12.COC(=O)C(=O)OC.COC(=O)C(O)(c1cccs1)c1cccs1.IC(I)I.ICI.[Br-].[Br-].[CH3-].[Mg+2].[V].[c-]1cccs1. The summed E-state index contributed by atoms with van der Waals surface area (Å²) in [6, 6.07) is 27.1. The summed E-state index contributed by atoms with van der Waals surface area (Å²) in [5.41, 5.74) is -5.19. The molecule has 9 fully saturated rings. The standard InChI is InChI=1S/C22H26NO6S2.C18H19NO4S2.C11H10O3S2.C8H13NO2.C4H6O4.C4H3S.CHI3.CH2I2.CH3I.2CH4.CH3.2BrH.Mg.V/c1-3-27-18(24)12-23(2)14-10-13(11-15(23)20-19(14)29-20)28-21(25)22(26,16-6-4-8-30-16)17-7-5-9-31-17;1-19-11-8-10(9-12(19)16-15(11)23-16)22-17(20)18(21,13-4-2-6-24-13)14-5-3-7-25-14;1-14-10(12)11(13,8-4-2-6-15-8)9-5-3-7-16-9;1-9-5-2-4(10)3-6(9)8-7(5)11-8;1-7-3(5)4(6)8-2;1-2-4-5-3-1;2-1(3)4;2-1-3;1-2;;;;;;;/h4-9,13-15,19-20,26H,3,10-12H2,1-2H3;2-7,10-12,15-16,21H,8-9H2,1H3;2-7,13H,1H3;4-8,10H,2-3H2,1H3;1-2H3;1-3H;1H;1H2;1H3;2*1H4;1H3;2*1H;;/q+1;;;;;-1;;;;;;-1;;;+2;/p-2/t13?,14-,15+,19-,20+,23?;10?,11-,12+,15-,16+;;4?,5-,6+,7-,8+;;;;;;;;;;;;. The van der Waals surface area contributed by atoms with Gasteiger partial charge in [0.15, 0.2) is 6.54 Å². The Morgan fingerprint density at radius 1 is 0.545 bits per heavy atom. The molecule has 0 spiro atoms. The van der Waals surface area contributed by atoms with Crippen LogP contribution in [0.2, 0.25) is 0 Å². The number of piperidine rings is 3. The molecular weight excluding hydrogens is 2440 g/mol. The number of aliphatic hydroxyl groups excluding tert-OH is 1. The first kappa shape index (κ1) is 111. The molecule has 16 rings (SSSR count). The molecule has 9 aliphatic rings. The molecule has 7 aromatic rings. The molecule has 0 saturated carbocycles. The number of nitrogens with zero attached hydrogens (tertiary/aromatic N) is 3. The number of esters is 6. The van der Waals surface area contributed by atoms with Gasteiger partial charge in [0.1, 0.15) is 60.9 Å². The monoisotopic (exact) mass is 2530 g/mol. The fraction of sp³-hybridized carbons (Fsp3) is 0.521. The number of rotatable bonds is 14. The van der Waals surface area contributed by atoms with Gasteiger partial charge in [0, 0.05) is 68.4 Å². The summed E-state index contributed by atoms with van der Waals surface area (Å²) in [5, 5.41) is 58.7. The average Bonchev–Trinajstić information content (AvgIpc) is 1.53. The largest absolute Gasteiger partial charge is 2.00 e. The van der Waals surface area contributed by atoms with Gasteiger partial charge in [0.25, 0.3) is 0 Å². The molecule has 9 aliphatic heterocycles. The normalized spacial score (nSPS) is 25.9. The summed E-state index contributed by atoms with van der Waals surface area (Å²) >= 11 is 23.3. The number of morpholine rings is 3. The fourth-order valence-corrected chi connectivity index (χ4v) is 19.8. The summed E-state index contributed by atoms with van der Waals surface area (Å²) in [6.45, 7) is 2.47. The maximum atomic E-state index is 13.3. The molecule has 9 saturated heterocycles. The quantitative estimate of drug-likeness (QED) is 0.00924. The van der Waals surface area contributed by atoms with Gasteiger partial charge in [-0.25, -0.2) is 34.8 Å². The Bertz CT molecular complexity index is 3620. The first-order chi connectivity index (χ1) is 50.3. The van der Waals surface area contributed by atoms with Gasteiger partial charge >= 0.3 is 58.9 Å². The number of carbonyl (C=O) groups excluding carboxylic acids is 6. The molecule has 0 aliphatic carbocycles. The molecule has 39 heteroatoms. The van der Waals surface area contributed by atoms with E-state index in [0.717, 1.165) is 39.8 Å². The molecule has 16 heterocycles. The molecule has 0 aromatic carbocycles. The summed E-state index contributed by atoms with van der Waals surface area (Å²) in [4.78, 5) is 80.6. The minimum atomic E-state index is -1.80. The molecule has 6 bridgehead atoms. The Kier molecular flexibility index (Phi) is 52.1.